The average Bonchev–Trinajstić information content (AvgIpc) is 3.33. The number of nitriles is 1. The summed E-state index contributed by atoms with van der Waals surface area (Å²) in [6.45, 7) is 0.825. The first-order chi connectivity index (χ1) is 14.8. The lowest BCUT2D eigenvalue weighted by Crippen LogP contribution is -2.42. The van der Waals surface area contributed by atoms with Crippen LogP contribution < -0.4 is 10.1 Å². The highest BCUT2D eigenvalue weighted by atomic mass is 35.5. The van der Waals surface area contributed by atoms with E-state index in [0.29, 0.717) is 12.8 Å². The van der Waals surface area contributed by atoms with Gasteiger partial charge in [0.05, 0.1) is 33.3 Å². The van der Waals surface area contributed by atoms with Gasteiger partial charge in [-0.3, -0.25) is 4.79 Å². The SMILES string of the molecule is CO[C@H]1CC(S(=O)(=O)c2ccc(OC(C)C(F)(F)F)cc2Cl)C[C@@H]1C(=O)NC1(C#N)CC1. The van der Waals surface area contributed by atoms with E-state index in [4.69, 9.17) is 21.1 Å². The second-order valence-electron chi connectivity index (χ2n) is 8.10. The van der Waals surface area contributed by atoms with E-state index in [-0.39, 0.29) is 28.5 Å². The molecule has 1 amide bonds. The van der Waals surface area contributed by atoms with Crippen LogP contribution in [0.5, 0.6) is 5.75 Å². The lowest BCUT2D eigenvalue weighted by atomic mass is 10.0. The van der Waals surface area contributed by atoms with Gasteiger partial charge in [0.15, 0.2) is 15.9 Å². The predicted molar refractivity (Wildman–Crippen MR) is 108 cm³/mol. The maximum atomic E-state index is 13.2. The molecule has 1 aromatic carbocycles. The lowest BCUT2D eigenvalue weighted by Gasteiger charge is -2.19. The molecule has 176 valence electrons. The van der Waals surface area contributed by atoms with Crippen LogP contribution in [0.15, 0.2) is 23.1 Å². The summed E-state index contributed by atoms with van der Waals surface area (Å²) >= 11 is 6.09. The van der Waals surface area contributed by atoms with Crippen LogP contribution in [0.25, 0.3) is 0 Å². The number of sulfone groups is 1. The first-order valence-electron chi connectivity index (χ1n) is 9.86. The highest BCUT2D eigenvalue weighted by Crippen LogP contribution is 2.40. The van der Waals surface area contributed by atoms with Crippen LogP contribution in [0.2, 0.25) is 5.02 Å². The quantitative estimate of drug-likeness (QED) is 0.622. The third-order valence-electron chi connectivity index (χ3n) is 5.85. The highest BCUT2D eigenvalue weighted by molar-refractivity contribution is 7.92. The lowest BCUT2D eigenvalue weighted by molar-refractivity contribution is -0.189. The molecule has 2 unspecified atom stereocenters. The number of nitrogens with zero attached hydrogens (tertiary/aromatic N) is 1. The number of benzene rings is 1. The van der Waals surface area contributed by atoms with E-state index in [2.05, 4.69) is 11.4 Å². The zero-order valence-corrected chi connectivity index (χ0v) is 18.9. The Labute approximate surface area is 188 Å². The first-order valence-corrected chi connectivity index (χ1v) is 11.8. The van der Waals surface area contributed by atoms with E-state index in [1.165, 1.54) is 7.11 Å². The molecule has 2 fully saturated rings. The first kappa shape index (κ1) is 24.6. The predicted octanol–water partition coefficient (Wildman–Crippen LogP) is 3.41. The van der Waals surface area contributed by atoms with Gasteiger partial charge in [0.1, 0.15) is 11.3 Å². The molecule has 12 heteroatoms. The molecule has 7 nitrogen and oxygen atoms in total. The van der Waals surface area contributed by atoms with Crippen molar-refractivity contribution in [1.29, 1.82) is 5.26 Å². The van der Waals surface area contributed by atoms with Crippen molar-refractivity contribution in [3.8, 4) is 11.8 Å². The number of rotatable bonds is 7. The molecule has 0 bridgehead atoms. The van der Waals surface area contributed by atoms with E-state index < -0.39 is 50.8 Å². The van der Waals surface area contributed by atoms with Crippen LogP contribution in [0.3, 0.4) is 0 Å². The molecule has 3 rings (SSSR count). The molecule has 1 aromatic rings. The Morgan fingerprint density at radius 2 is 2.00 bits per heavy atom. The average molecular weight is 495 g/mol. The van der Waals surface area contributed by atoms with Gasteiger partial charge in [-0.2, -0.15) is 18.4 Å². The normalized spacial score (nSPS) is 25.6. The molecule has 0 heterocycles. The van der Waals surface area contributed by atoms with E-state index >= 15 is 0 Å². The summed E-state index contributed by atoms with van der Waals surface area (Å²) in [7, 11) is -2.65. The van der Waals surface area contributed by atoms with Gasteiger partial charge in [0, 0.05) is 13.2 Å². The Bertz CT molecular complexity index is 1040. The van der Waals surface area contributed by atoms with Crippen molar-refractivity contribution < 1.29 is 35.9 Å². The molecular formula is C20H22ClF3N2O5S. The van der Waals surface area contributed by atoms with Crippen molar-refractivity contribution in [2.24, 2.45) is 5.92 Å². The van der Waals surface area contributed by atoms with E-state index in [1.807, 2.05) is 0 Å². The molecule has 1 N–H and O–H groups in total. The Morgan fingerprint density at radius 1 is 1.34 bits per heavy atom. The zero-order valence-electron chi connectivity index (χ0n) is 17.3. The molecule has 32 heavy (non-hydrogen) atoms. The second kappa shape index (κ2) is 8.72. The van der Waals surface area contributed by atoms with Crippen molar-refractivity contribution in [2.75, 3.05) is 7.11 Å². The fourth-order valence-electron chi connectivity index (χ4n) is 3.70. The number of ether oxygens (including phenoxy) is 2. The Morgan fingerprint density at radius 3 is 2.50 bits per heavy atom. The smallest absolute Gasteiger partial charge is 0.425 e. The summed E-state index contributed by atoms with van der Waals surface area (Å²) in [6.07, 6.45) is -6.27. The Kier molecular flexibility index (Phi) is 6.71. The fraction of sp³-hybridized carbons (Fsp3) is 0.600. The molecule has 2 aliphatic carbocycles. The van der Waals surface area contributed by atoms with Gasteiger partial charge in [-0.25, -0.2) is 8.42 Å². The van der Waals surface area contributed by atoms with E-state index in [1.54, 1.807) is 0 Å². The minimum absolute atomic E-state index is 0.0339. The van der Waals surface area contributed by atoms with Crippen molar-refractivity contribution >= 4 is 27.3 Å². The van der Waals surface area contributed by atoms with Crippen LogP contribution in [0.1, 0.15) is 32.6 Å². The molecule has 0 spiro atoms. The number of carbonyl (C=O) groups excluding carboxylic acids is 1. The van der Waals surface area contributed by atoms with Crippen molar-refractivity contribution in [3.63, 3.8) is 0 Å². The summed E-state index contributed by atoms with van der Waals surface area (Å²) in [5, 5.41) is 10.6. The number of nitrogens with one attached hydrogen (secondary N) is 1. The van der Waals surface area contributed by atoms with E-state index in [9.17, 15) is 31.6 Å². The van der Waals surface area contributed by atoms with Gasteiger partial charge in [0.2, 0.25) is 5.91 Å². The molecule has 4 atom stereocenters. The van der Waals surface area contributed by atoms with Gasteiger partial charge in [0.25, 0.3) is 0 Å². The number of methoxy groups -OCH3 is 1. The Hall–Kier alpha value is -2.03. The Balaban J connectivity index is 1.77. The minimum atomic E-state index is -4.59. The number of amides is 1. The maximum Gasteiger partial charge on any atom is 0.425 e. The molecule has 2 aliphatic rings. The van der Waals surface area contributed by atoms with Gasteiger partial charge in [-0.05, 0) is 44.7 Å². The van der Waals surface area contributed by atoms with Gasteiger partial charge < -0.3 is 14.8 Å². The van der Waals surface area contributed by atoms with Gasteiger partial charge >= 0.3 is 6.18 Å². The van der Waals surface area contributed by atoms with Crippen LogP contribution >= 0.6 is 11.6 Å². The minimum Gasteiger partial charge on any atom is -0.481 e. The van der Waals surface area contributed by atoms with Gasteiger partial charge in [-0.15, -0.1) is 0 Å². The van der Waals surface area contributed by atoms with E-state index in [0.717, 1.165) is 25.1 Å². The van der Waals surface area contributed by atoms with Gasteiger partial charge in [-0.1, -0.05) is 11.6 Å². The number of alkyl halides is 3. The third-order valence-corrected chi connectivity index (χ3v) is 8.51. The largest absolute Gasteiger partial charge is 0.481 e. The number of carbonyl (C=O) groups is 1. The number of hydrogen-bond donors (Lipinski definition) is 1. The fourth-order valence-corrected chi connectivity index (χ4v) is 6.04. The molecule has 0 aromatic heterocycles. The summed E-state index contributed by atoms with van der Waals surface area (Å²) in [4.78, 5) is 12.4. The summed E-state index contributed by atoms with van der Waals surface area (Å²) in [5.74, 6) is -1.42. The topological polar surface area (TPSA) is 105 Å². The summed E-state index contributed by atoms with van der Waals surface area (Å²) in [6, 6.07) is 5.28. The third kappa shape index (κ3) is 4.97. The second-order valence-corrected chi connectivity index (χ2v) is 10.7. The van der Waals surface area contributed by atoms with Crippen LogP contribution in [0, 0.1) is 17.2 Å². The van der Waals surface area contributed by atoms with Crippen molar-refractivity contribution in [1.82, 2.24) is 5.32 Å². The van der Waals surface area contributed by atoms with Crippen LogP contribution in [-0.4, -0.2) is 50.6 Å². The van der Waals surface area contributed by atoms with Crippen LogP contribution in [0.4, 0.5) is 13.2 Å². The van der Waals surface area contributed by atoms with Crippen molar-refractivity contribution in [2.45, 2.75) is 66.7 Å². The summed E-state index contributed by atoms with van der Waals surface area (Å²) in [5.41, 5.74) is -0.890. The number of hydrogen-bond acceptors (Lipinski definition) is 6. The molecule has 0 saturated heterocycles. The highest BCUT2D eigenvalue weighted by Gasteiger charge is 2.50. The standard InChI is InChI=1S/C20H22ClF3N2O5S/c1-11(20(22,23)24)31-12-3-4-17(15(21)7-12)32(28,29)13-8-14(16(9-13)30-2)18(27)26-19(10-25)5-6-19/h3-4,7,11,13-14,16H,5-6,8-9H2,1-2H3,(H,26,27)/t11?,13?,14-,16-/m0/s1. The summed E-state index contributed by atoms with van der Waals surface area (Å²) < 4.78 is 74.6. The van der Waals surface area contributed by atoms with Crippen molar-refractivity contribution in [3.05, 3.63) is 23.2 Å². The molecular weight excluding hydrogens is 473 g/mol. The monoisotopic (exact) mass is 494 g/mol. The molecule has 0 radical (unpaired) electrons. The molecule has 2 saturated carbocycles. The van der Waals surface area contributed by atoms with Crippen LogP contribution in [-0.2, 0) is 19.4 Å². The number of halogens is 4. The maximum absolute atomic E-state index is 13.2. The molecule has 0 aliphatic heterocycles. The zero-order chi connectivity index (χ0) is 23.9.